The molecule has 3 nitrogen and oxygen atoms in total. The van der Waals surface area contributed by atoms with Crippen molar-refractivity contribution in [3.8, 4) is 0 Å². The predicted octanol–water partition coefficient (Wildman–Crippen LogP) is 2.71. The Hall–Kier alpha value is -0.120. The molecule has 3 aliphatic heterocycles. The molecule has 0 aromatic heterocycles. The zero-order valence-electron chi connectivity index (χ0n) is 13.7. The van der Waals surface area contributed by atoms with Crippen LogP contribution in [0.15, 0.2) is 0 Å². The minimum atomic E-state index is 0.717. The van der Waals surface area contributed by atoms with Gasteiger partial charge in [0, 0.05) is 44.8 Å². The first-order valence-corrected chi connectivity index (χ1v) is 9.05. The molecule has 3 aliphatic rings. The number of rotatable bonds is 10. The van der Waals surface area contributed by atoms with E-state index in [0.717, 1.165) is 12.6 Å². The molecule has 0 saturated carbocycles. The molecule has 0 aromatic rings. The number of unbranched alkanes of at least 4 members (excludes halogenated alkanes) is 5. The molecule has 0 radical (unpaired) electrons. The number of nitrogens with zero attached hydrogens (tertiary/aromatic N) is 2. The Morgan fingerprint density at radius 3 is 2.25 bits per heavy atom. The van der Waals surface area contributed by atoms with Crippen LogP contribution in [0.3, 0.4) is 0 Å². The lowest BCUT2D eigenvalue weighted by Gasteiger charge is -2.50. The second-order valence-electron chi connectivity index (χ2n) is 6.62. The molecule has 0 amide bonds. The minimum Gasteiger partial charge on any atom is -0.313 e. The lowest BCUT2D eigenvalue weighted by Crippen LogP contribution is -2.66. The number of nitrogens with one attached hydrogen (secondary N) is 1. The van der Waals surface area contributed by atoms with E-state index in [1.54, 1.807) is 0 Å². The highest BCUT2D eigenvalue weighted by Gasteiger charge is 2.35. The molecule has 2 unspecified atom stereocenters. The van der Waals surface area contributed by atoms with Gasteiger partial charge >= 0.3 is 0 Å². The van der Waals surface area contributed by atoms with Crippen LogP contribution in [-0.4, -0.2) is 61.2 Å². The van der Waals surface area contributed by atoms with Gasteiger partial charge in [0.2, 0.25) is 0 Å². The van der Waals surface area contributed by atoms with Crippen LogP contribution < -0.4 is 5.32 Å². The summed E-state index contributed by atoms with van der Waals surface area (Å²) in [7, 11) is 0. The van der Waals surface area contributed by atoms with Crippen molar-refractivity contribution in [3.05, 3.63) is 0 Å². The van der Waals surface area contributed by atoms with Crippen molar-refractivity contribution >= 4 is 0 Å². The van der Waals surface area contributed by atoms with Gasteiger partial charge in [0.1, 0.15) is 0 Å². The first-order chi connectivity index (χ1) is 9.85. The smallest absolute Gasteiger partial charge is 0.0377 e. The van der Waals surface area contributed by atoms with Crippen LogP contribution in [0.25, 0.3) is 0 Å². The topological polar surface area (TPSA) is 18.5 Å². The van der Waals surface area contributed by atoms with Crippen LogP contribution in [0, 0.1) is 0 Å². The molecule has 3 rings (SSSR count). The van der Waals surface area contributed by atoms with Crippen molar-refractivity contribution in [2.45, 2.75) is 70.9 Å². The van der Waals surface area contributed by atoms with Crippen molar-refractivity contribution in [2.75, 3.05) is 39.3 Å². The monoisotopic (exact) mass is 281 g/mol. The van der Waals surface area contributed by atoms with Crippen molar-refractivity contribution in [2.24, 2.45) is 0 Å². The molecule has 3 fully saturated rings. The van der Waals surface area contributed by atoms with E-state index < -0.39 is 0 Å². The standard InChI is InChI=1S/C17H35N3/c1-3-5-6-7-8-9-10-16(18-4-2)17-15-19-11-13-20(17)14-12-19/h16-18H,3-15H2,1-2H3. The second kappa shape index (κ2) is 9.01. The maximum Gasteiger partial charge on any atom is 0.0377 e. The molecule has 0 aliphatic carbocycles. The van der Waals surface area contributed by atoms with Crippen LogP contribution in [0.4, 0.5) is 0 Å². The molecule has 3 heterocycles. The van der Waals surface area contributed by atoms with Gasteiger partial charge in [0.05, 0.1) is 0 Å². The summed E-state index contributed by atoms with van der Waals surface area (Å²) >= 11 is 0. The summed E-state index contributed by atoms with van der Waals surface area (Å²) in [6, 6.07) is 1.49. The summed E-state index contributed by atoms with van der Waals surface area (Å²) in [5.41, 5.74) is 0. The largest absolute Gasteiger partial charge is 0.313 e. The van der Waals surface area contributed by atoms with Gasteiger partial charge in [0.15, 0.2) is 0 Å². The van der Waals surface area contributed by atoms with E-state index >= 15 is 0 Å². The zero-order valence-corrected chi connectivity index (χ0v) is 13.7. The summed E-state index contributed by atoms with van der Waals surface area (Å²) in [5, 5.41) is 3.77. The highest BCUT2D eigenvalue weighted by atomic mass is 15.4. The predicted molar refractivity (Wildman–Crippen MR) is 87.3 cm³/mol. The number of piperazine rings is 3. The summed E-state index contributed by atoms with van der Waals surface area (Å²) in [6.45, 7) is 12.2. The van der Waals surface area contributed by atoms with Crippen molar-refractivity contribution in [3.63, 3.8) is 0 Å². The third-order valence-electron chi connectivity index (χ3n) is 5.12. The number of fused-ring (bicyclic) bond motifs is 3. The van der Waals surface area contributed by atoms with Crippen LogP contribution in [0.5, 0.6) is 0 Å². The zero-order chi connectivity index (χ0) is 14.2. The molecule has 2 atom stereocenters. The van der Waals surface area contributed by atoms with Gasteiger partial charge in [-0.15, -0.1) is 0 Å². The van der Waals surface area contributed by atoms with Crippen LogP contribution in [0.1, 0.15) is 58.8 Å². The van der Waals surface area contributed by atoms with Crippen molar-refractivity contribution in [1.29, 1.82) is 0 Å². The summed E-state index contributed by atoms with van der Waals surface area (Å²) in [4.78, 5) is 5.40. The van der Waals surface area contributed by atoms with Gasteiger partial charge in [-0.2, -0.15) is 0 Å². The molecule has 2 bridgehead atoms. The normalized spacial score (nSPS) is 30.6. The van der Waals surface area contributed by atoms with Crippen LogP contribution in [-0.2, 0) is 0 Å². The molecule has 3 saturated heterocycles. The Bertz CT molecular complexity index is 249. The Labute approximate surface area is 126 Å². The average Bonchev–Trinajstić information content (AvgIpc) is 2.50. The Balaban J connectivity index is 1.70. The Morgan fingerprint density at radius 2 is 1.65 bits per heavy atom. The quantitative estimate of drug-likeness (QED) is 0.621. The molecule has 118 valence electrons. The molecule has 1 N–H and O–H groups in total. The van der Waals surface area contributed by atoms with Gasteiger partial charge in [-0.1, -0.05) is 52.4 Å². The number of hydrogen-bond acceptors (Lipinski definition) is 3. The minimum absolute atomic E-state index is 0.717. The lowest BCUT2D eigenvalue weighted by molar-refractivity contribution is -0.00457. The van der Waals surface area contributed by atoms with Gasteiger partial charge in [-0.25, -0.2) is 0 Å². The molecular formula is C17H35N3. The fourth-order valence-corrected chi connectivity index (χ4v) is 3.88. The van der Waals surface area contributed by atoms with E-state index in [2.05, 4.69) is 29.0 Å². The van der Waals surface area contributed by atoms with E-state index in [1.165, 1.54) is 77.7 Å². The van der Waals surface area contributed by atoms with Crippen LogP contribution >= 0.6 is 0 Å². The van der Waals surface area contributed by atoms with Gasteiger partial charge in [0.25, 0.3) is 0 Å². The van der Waals surface area contributed by atoms with Gasteiger partial charge < -0.3 is 5.32 Å². The third-order valence-corrected chi connectivity index (χ3v) is 5.12. The maximum absolute atomic E-state index is 3.77. The van der Waals surface area contributed by atoms with E-state index in [9.17, 15) is 0 Å². The second-order valence-corrected chi connectivity index (χ2v) is 6.62. The first-order valence-electron chi connectivity index (χ1n) is 9.05. The SMILES string of the molecule is CCCCCCCCC(NCC)C1CN2CCN1CC2. The van der Waals surface area contributed by atoms with E-state index in [1.807, 2.05) is 0 Å². The summed E-state index contributed by atoms with van der Waals surface area (Å²) < 4.78 is 0. The fourth-order valence-electron chi connectivity index (χ4n) is 3.88. The molecular weight excluding hydrogens is 246 g/mol. The average molecular weight is 281 g/mol. The Morgan fingerprint density at radius 1 is 0.950 bits per heavy atom. The Kier molecular flexibility index (Phi) is 7.32. The van der Waals surface area contributed by atoms with Crippen LogP contribution in [0.2, 0.25) is 0 Å². The first kappa shape index (κ1) is 16.3. The van der Waals surface area contributed by atoms with Crippen molar-refractivity contribution < 1.29 is 0 Å². The number of hydrogen-bond donors (Lipinski definition) is 1. The molecule has 3 heteroatoms. The highest BCUT2D eigenvalue weighted by Crippen LogP contribution is 2.21. The lowest BCUT2D eigenvalue weighted by atomic mass is 9.95. The molecule has 20 heavy (non-hydrogen) atoms. The molecule has 0 aromatic carbocycles. The van der Waals surface area contributed by atoms with E-state index in [0.29, 0.717) is 6.04 Å². The molecule has 0 spiro atoms. The number of likely N-dealkylation sites (N-methyl/N-ethyl adjacent to an activating group) is 1. The van der Waals surface area contributed by atoms with E-state index in [4.69, 9.17) is 0 Å². The summed E-state index contributed by atoms with van der Waals surface area (Å²) in [6.07, 6.45) is 9.85. The fraction of sp³-hybridized carbons (Fsp3) is 1.00. The third kappa shape index (κ3) is 4.71. The van der Waals surface area contributed by atoms with E-state index in [-0.39, 0.29) is 0 Å². The van der Waals surface area contributed by atoms with Gasteiger partial charge in [-0.3, -0.25) is 9.80 Å². The maximum atomic E-state index is 3.77. The summed E-state index contributed by atoms with van der Waals surface area (Å²) in [5.74, 6) is 0. The highest BCUT2D eigenvalue weighted by molar-refractivity contribution is 4.94. The van der Waals surface area contributed by atoms with Gasteiger partial charge in [-0.05, 0) is 13.0 Å². The van der Waals surface area contributed by atoms with Crippen molar-refractivity contribution in [1.82, 2.24) is 15.1 Å².